The number of hydrogen-bond acceptors (Lipinski definition) is 7. The Labute approximate surface area is 158 Å². The Bertz CT molecular complexity index is 920. The Balaban J connectivity index is 1.95. The minimum Gasteiger partial charge on any atom is -0.461 e. The van der Waals surface area contributed by atoms with Crippen molar-refractivity contribution in [2.45, 2.75) is 4.90 Å². The number of rotatable bonds is 8. The van der Waals surface area contributed by atoms with Gasteiger partial charge in [0.15, 0.2) is 9.84 Å². The summed E-state index contributed by atoms with van der Waals surface area (Å²) in [6, 6.07) is 13.6. The van der Waals surface area contributed by atoms with Crippen molar-refractivity contribution in [2.24, 2.45) is 10.2 Å². The highest BCUT2D eigenvalue weighted by Gasteiger charge is 2.06. The van der Waals surface area contributed by atoms with Crippen molar-refractivity contribution in [3.63, 3.8) is 0 Å². The van der Waals surface area contributed by atoms with Gasteiger partial charge in [-0.3, -0.25) is 0 Å². The second-order valence-electron chi connectivity index (χ2n) is 5.78. The Kier molecular flexibility index (Phi) is 6.84. The summed E-state index contributed by atoms with van der Waals surface area (Å²) < 4.78 is 27.8. The Morgan fingerprint density at radius 3 is 2.07 bits per heavy atom. The van der Waals surface area contributed by atoms with Gasteiger partial charge in [-0.1, -0.05) is 6.58 Å². The van der Waals surface area contributed by atoms with Crippen LogP contribution in [0.3, 0.4) is 0 Å². The molecule has 0 saturated carbocycles. The first kappa shape index (κ1) is 20.3. The topological polar surface area (TPSA) is 88.4 Å². The fraction of sp³-hybridized carbons (Fsp3) is 0.211. The Morgan fingerprint density at radius 2 is 1.59 bits per heavy atom. The van der Waals surface area contributed by atoms with Crippen molar-refractivity contribution in [3.8, 4) is 0 Å². The van der Waals surface area contributed by atoms with Crippen molar-refractivity contribution < 1.29 is 17.9 Å². The zero-order valence-corrected chi connectivity index (χ0v) is 16.0. The number of carbonyl (C=O) groups excluding carboxylic acids is 1. The lowest BCUT2D eigenvalue weighted by Gasteiger charge is -2.18. The first-order valence-corrected chi connectivity index (χ1v) is 10.0. The quantitative estimate of drug-likeness (QED) is 0.392. The van der Waals surface area contributed by atoms with Crippen LogP contribution in [0.2, 0.25) is 0 Å². The van der Waals surface area contributed by atoms with E-state index in [1.54, 1.807) is 12.1 Å². The molecule has 0 aliphatic rings. The second-order valence-corrected chi connectivity index (χ2v) is 7.79. The minimum absolute atomic E-state index is 0.243. The predicted molar refractivity (Wildman–Crippen MR) is 105 cm³/mol. The molecule has 0 fully saturated rings. The molecule has 0 amide bonds. The average molecular weight is 387 g/mol. The maximum Gasteiger partial charge on any atom is 0.330 e. The summed E-state index contributed by atoms with van der Waals surface area (Å²) in [5, 5.41) is 8.24. The van der Waals surface area contributed by atoms with Crippen molar-refractivity contribution in [1.82, 2.24) is 0 Å². The van der Waals surface area contributed by atoms with Crippen LogP contribution in [-0.2, 0) is 19.4 Å². The van der Waals surface area contributed by atoms with Gasteiger partial charge in [-0.25, -0.2) is 13.2 Å². The molecule has 2 aromatic carbocycles. The van der Waals surface area contributed by atoms with Gasteiger partial charge in [-0.05, 0) is 48.5 Å². The highest BCUT2D eigenvalue weighted by Crippen LogP contribution is 2.22. The average Bonchev–Trinajstić information content (AvgIpc) is 2.66. The third-order valence-electron chi connectivity index (χ3n) is 3.67. The van der Waals surface area contributed by atoms with Gasteiger partial charge in [-0.15, -0.1) is 0 Å². The van der Waals surface area contributed by atoms with Crippen LogP contribution in [0.4, 0.5) is 17.1 Å². The zero-order chi connectivity index (χ0) is 19.9. The van der Waals surface area contributed by atoms with E-state index >= 15 is 0 Å². The van der Waals surface area contributed by atoms with Crippen LogP contribution < -0.4 is 4.90 Å². The molecule has 0 atom stereocenters. The minimum atomic E-state index is -3.22. The first-order valence-electron chi connectivity index (χ1n) is 8.12. The highest BCUT2D eigenvalue weighted by molar-refractivity contribution is 7.90. The number of anilines is 1. The van der Waals surface area contributed by atoms with E-state index in [1.807, 2.05) is 36.2 Å². The number of sulfone groups is 1. The number of esters is 1. The molecule has 8 heteroatoms. The smallest absolute Gasteiger partial charge is 0.330 e. The summed E-state index contributed by atoms with van der Waals surface area (Å²) in [7, 11) is -1.33. The normalized spacial score (nSPS) is 11.3. The maximum absolute atomic E-state index is 11.4. The molecule has 0 saturated heterocycles. The highest BCUT2D eigenvalue weighted by atomic mass is 32.2. The van der Waals surface area contributed by atoms with E-state index in [1.165, 1.54) is 12.1 Å². The predicted octanol–water partition coefficient (Wildman–Crippen LogP) is 3.67. The largest absolute Gasteiger partial charge is 0.461 e. The molecule has 7 nitrogen and oxygen atoms in total. The molecule has 2 rings (SSSR count). The summed E-state index contributed by atoms with van der Waals surface area (Å²) >= 11 is 0. The van der Waals surface area contributed by atoms with Crippen LogP contribution in [0.1, 0.15) is 0 Å². The van der Waals surface area contributed by atoms with Gasteiger partial charge in [-0.2, -0.15) is 10.2 Å². The lowest BCUT2D eigenvalue weighted by molar-refractivity contribution is -0.137. The zero-order valence-electron chi connectivity index (χ0n) is 15.2. The molecule has 142 valence electrons. The van der Waals surface area contributed by atoms with Crippen molar-refractivity contribution in [2.75, 3.05) is 31.4 Å². The monoisotopic (exact) mass is 387 g/mol. The van der Waals surface area contributed by atoms with Crippen LogP contribution in [0.5, 0.6) is 0 Å². The van der Waals surface area contributed by atoms with Gasteiger partial charge < -0.3 is 9.64 Å². The van der Waals surface area contributed by atoms with Gasteiger partial charge in [0.25, 0.3) is 0 Å². The molecule has 0 spiro atoms. The summed E-state index contributed by atoms with van der Waals surface area (Å²) in [5.74, 6) is -0.441. The van der Waals surface area contributed by atoms with Crippen LogP contribution >= 0.6 is 0 Å². The lowest BCUT2D eigenvalue weighted by atomic mass is 10.2. The number of likely N-dealkylation sites (N-methyl/N-ethyl adjacent to an activating group) is 1. The molecule has 0 N–H and O–H groups in total. The van der Waals surface area contributed by atoms with E-state index in [9.17, 15) is 13.2 Å². The third kappa shape index (κ3) is 6.34. The van der Waals surface area contributed by atoms with Crippen molar-refractivity contribution in [3.05, 3.63) is 61.2 Å². The molecule has 0 heterocycles. The second kappa shape index (κ2) is 9.09. The molecule has 0 aliphatic heterocycles. The molecule has 27 heavy (non-hydrogen) atoms. The number of nitrogens with zero attached hydrogens (tertiary/aromatic N) is 3. The Hall–Kier alpha value is -3.00. The van der Waals surface area contributed by atoms with Gasteiger partial charge >= 0.3 is 5.97 Å². The van der Waals surface area contributed by atoms with E-state index in [-0.39, 0.29) is 11.5 Å². The number of benzene rings is 2. The van der Waals surface area contributed by atoms with Crippen LogP contribution in [0.15, 0.2) is 76.3 Å². The number of hydrogen-bond donors (Lipinski definition) is 0. The molecule has 0 radical (unpaired) electrons. The first-order chi connectivity index (χ1) is 12.8. The van der Waals surface area contributed by atoms with Crippen LogP contribution in [0.25, 0.3) is 0 Å². The van der Waals surface area contributed by atoms with Crippen LogP contribution in [0, 0.1) is 0 Å². The van der Waals surface area contributed by atoms with Gasteiger partial charge in [0.1, 0.15) is 6.61 Å². The fourth-order valence-corrected chi connectivity index (χ4v) is 2.75. The number of carbonyl (C=O) groups is 1. The van der Waals surface area contributed by atoms with E-state index in [0.717, 1.165) is 18.0 Å². The van der Waals surface area contributed by atoms with E-state index in [0.29, 0.717) is 17.9 Å². The summed E-state index contributed by atoms with van der Waals surface area (Å²) in [6.45, 7) is 4.17. The maximum atomic E-state index is 11.4. The molecule has 0 aliphatic carbocycles. The number of azo groups is 1. The molecule has 0 aromatic heterocycles. The van der Waals surface area contributed by atoms with Crippen LogP contribution in [-0.4, -0.2) is 40.8 Å². The summed E-state index contributed by atoms with van der Waals surface area (Å²) in [5.41, 5.74) is 2.17. The van der Waals surface area contributed by atoms with E-state index < -0.39 is 15.8 Å². The molecular weight excluding hydrogens is 366 g/mol. The molecule has 0 bridgehead atoms. The fourth-order valence-electron chi connectivity index (χ4n) is 2.12. The summed E-state index contributed by atoms with van der Waals surface area (Å²) in [4.78, 5) is 13.2. The standard InChI is InChI=1S/C19H21N3O4S/c1-4-19(23)26-14-13-22(2)17-9-5-15(6-10-17)20-21-16-7-11-18(12-8-16)27(3,24)25/h4-12H,1,13-14H2,2-3H3. The van der Waals surface area contributed by atoms with Gasteiger partial charge in [0.2, 0.25) is 0 Å². The summed E-state index contributed by atoms with van der Waals surface area (Å²) in [6.07, 6.45) is 2.29. The third-order valence-corrected chi connectivity index (χ3v) is 4.80. The molecule has 0 unspecified atom stereocenters. The number of ether oxygens (including phenoxy) is 1. The van der Waals surface area contributed by atoms with E-state index in [4.69, 9.17) is 4.74 Å². The van der Waals surface area contributed by atoms with Gasteiger partial charge in [0.05, 0.1) is 22.8 Å². The lowest BCUT2D eigenvalue weighted by Crippen LogP contribution is -2.23. The Morgan fingerprint density at radius 1 is 1.07 bits per heavy atom. The van der Waals surface area contributed by atoms with E-state index in [2.05, 4.69) is 16.8 Å². The van der Waals surface area contributed by atoms with Crippen molar-refractivity contribution >= 4 is 32.9 Å². The SMILES string of the molecule is C=CC(=O)OCCN(C)c1ccc(N=Nc2ccc(S(C)(=O)=O)cc2)cc1. The molecular formula is C19H21N3O4S. The van der Waals surface area contributed by atoms with Gasteiger partial charge in [0, 0.05) is 25.1 Å². The van der Waals surface area contributed by atoms with Crippen molar-refractivity contribution in [1.29, 1.82) is 0 Å². The molecule has 2 aromatic rings.